The van der Waals surface area contributed by atoms with Crippen LogP contribution in [0.25, 0.3) is 0 Å². The number of methoxy groups -OCH3 is 1. The van der Waals surface area contributed by atoms with Crippen LogP contribution in [0.1, 0.15) is 24.6 Å². The highest BCUT2D eigenvalue weighted by molar-refractivity contribution is 5.00. The number of aromatic nitrogens is 4. The van der Waals surface area contributed by atoms with E-state index in [-0.39, 0.29) is 12.0 Å². The summed E-state index contributed by atoms with van der Waals surface area (Å²) in [6, 6.07) is 0. The topological polar surface area (TPSA) is 116 Å². The fraction of sp³-hybridized carbons (Fsp3) is 0.857. The minimum atomic E-state index is -0.794. The van der Waals surface area contributed by atoms with E-state index in [1.807, 2.05) is 0 Å². The summed E-state index contributed by atoms with van der Waals surface area (Å²) in [7, 11) is 1.50. The molecule has 3 atom stereocenters. The Hall–Kier alpha value is -1.77. The van der Waals surface area contributed by atoms with Gasteiger partial charge in [-0.2, -0.15) is 0 Å². The quantitative estimate of drug-likeness (QED) is 0.554. The summed E-state index contributed by atoms with van der Waals surface area (Å²) in [6.45, 7) is 0. The van der Waals surface area contributed by atoms with E-state index in [4.69, 9.17) is 4.74 Å². The van der Waals surface area contributed by atoms with E-state index in [0.717, 1.165) is 0 Å². The normalized spacial score (nSPS) is 29.2. The van der Waals surface area contributed by atoms with Gasteiger partial charge >= 0.3 is 0 Å². The van der Waals surface area contributed by atoms with Gasteiger partial charge in [-0.1, -0.05) is 0 Å². The molecule has 1 heterocycles. The molecule has 1 aliphatic rings. The van der Waals surface area contributed by atoms with E-state index in [2.05, 4.69) is 25.5 Å². The van der Waals surface area contributed by atoms with Gasteiger partial charge in [-0.05, 0) is 23.3 Å². The van der Waals surface area contributed by atoms with E-state index < -0.39 is 11.2 Å². The number of tetrazole rings is 1. The first-order valence-electron chi connectivity index (χ1n) is 4.78. The van der Waals surface area contributed by atoms with Crippen LogP contribution in [0.2, 0.25) is 0 Å². The Morgan fingerprint density at radius 2 is 2.25 bits per heavy atom. The molecule has 0 aliphatic heterocycles. The molecule has 0 aromatic carbocycles. The molecule has 0 radical (unpaired) electrons. The summed E-state index contributed by atoms with van der Waals surface area (Å²) in [5.41, 5.74) is 0. The fourth-order valence-electron chi connectivity index (χ4n) is 1.99. The first kappa shape index (κ1) is 10.7. The van der Waals surface area contributed by atoms with Crippen LogP contribution in [0.3, 0.4) is 0 Å². The van der Waals surface area contributed by atoms with Gasteiger partial charge in [0, 0.05) is 13.0 Å². The second-order valence-corrected chi connectivity index (χ2v) is 3.60. The van der Waals surface area contributed by atoms with E-state index in [1.165, 1.54) is 7.11 Å². The predicted octanol–water partition coefficient (Wildman–Crippen LogP) is -0.331. The minimum Gasteiger partial charge on any atom is -0.379 e. The average molecular weight is 229 g/mol. The number of nitrogens with one attached hydrogen (secondary N) is 1. The SMILES string of the molecule is COC1CC(c2nnn[nH]2)CC1O[N+](=O)[O-]. The number of nitrogens with zero attached hydrogens (tertiary/aromatic N) is 4. The average Bonchev–Trinajstić information content (AvgIpc) is 2.83. The van der Waals surface area contributed by atoms with Crippen molar-refractivity contribution in [2.75, 3.05) is 7.11 Å². The predicted molar refractivity (Wildman–Crippen MR) is 48.8 cm³/mol. The fourth-order valence-corrected chi connectivity index (χ4v) is 1.99. The smallest absolute Gasteiger partial charge is 0.294 e. The second-order valence-electron chi connectivity index (χ2n) is 3.60. The van der Waals surface area contributed by atoms with E-state index in [1.54, 1.807) is 0 Å². The first-order valence-corrected chi connectivity index (χ1v) is 4.78. The zero-order valence-electron chi connectivity index (χ0n) is 8.57. The molecule has 88 valence electrons. The van der Waals surface area contributed by atoms with Crippen LogP contribution in [0.4, 0.5) is 0 Å². The van der Waals surface area contributed by atoms with E-state index in [0.29, 0.717) is 18.7 Å². The van der Waals surface area contributed by atoms with Crippen LogP contribution in [0.5, 0.6) is 0 Å². The Kier molecular flexibility index (Phi) is 2.95. The third-order valence-electron chi connectivity index (χ3n) is 2.72. The molecule has 1 fully saturated rings. The molecule has 1 saturated carbocycles. The number of hydrogen-bond acceptors (Lipinski definition) is 7. The van der Waals surface area contributed by atoms with Crippen molar-refractivity contribution in [2.24, 2.45) is 0 Å². The molecule has 0 bridgehead atoms. The molecule has 0 amide bonds. The number of ether oxygens (including phenoxy) is 1. The third-order valence-corrected chi connectivity index (χ3v) is 2.72. The lowest BCUT2D eigenvalue weighted by molar-refractivity contribution is -0.770. The number of hydrogen-bond donors (Lipinski definition) is 1. The Balaban J connectivity index is 2.04. The van der Waals surface area contributed by atoms with Gasteiger partial charge in [0.25, 0.3) is 5.09 Å². The van der Waals surface area contributed by atoms with E-state index in [9.17, 15) is 10.1 Å². The second kappa shape index (κ2) is 4.39. The maximum absolute atomic E-state index is 10.3. The van der Waals surface area contributed by atoms with Crippen LogP contribution < -0.4 is 0 Å². The Labute approximate surface area is 90.2 Å². The van der Waals surface area contributed by atoms with Crippen molar-refractivity contribution in [1.82, 2.24) is 20.6 Å². The zero-order valence-corrected chi connectivity index (χ0v) is 8.57. The molecular formula is C7H11N5O4. The number of H-pyrrole nitrogens is 1. The maximum Gasteiger partial charge on any atom is 0.294 e. The van der Waals surface area contributed by atoms with Crippen molar-refractivity contribution in [3.05, 3.63) is 15.9 Å². The van der Waals surface area contributed by atoms with Gasteiger partial charge in [-0.25, -0.2) is 5.10 Å². The van der Waals surface area contributed by atoms with Crippen LogP contribution >= 0.6 is 0 Å². The molecule has 2 rings (SSSR count). The highest BCUT2D eigenvalue weighted by atomic mass is 17.0. The molecule has 1 aliphatic carbocycles. The van der Waals surface area contributed by atoms with Crippen molar-refractivity contribution >= 4 is 0 Å². The largest absolute Gasteiger partial charge is 0.379 e. The Morgan fingerprint density at radius 1 is 1.50 bits per heavy atom. The molecule has 1 N–H and O–H groups in total. The lowest BCUT2D eigenvalue weighted by Crippen LogP contribution is -2.27. The number of aromatic amines is 1. The van der Waals surface area contributed by atoms with Gasteiger partial charge in [0.15, 0.2) is 5.82 Å². The summed E-state index contributed by atoms with van der Waals surface area (Å²) in [5, 5.41) is 22.9. The lowest BCUT2D eigenvalue weighted by Gasteiger charge is -2.14. The molecule has 0 spiro atoms. The molecule has 9 heteroatoms. The zero-order chi connectivity index (χ0) is 11.5. The summed E-state index contributed by atoms with van der Waals surface area (Å²) >= 11 is 0. The van der Waals surface area contributed by atoms with Gasteiger partial charge in [0.05, 0.1) is 6.10 Å². The van der Waals surface area contributed by atoms with Crippen LogP contribution in [-0.2, 0) is 9.57 Å². The first-order chi connectivity index (χ1) is 7.70. The molecule has 16 heavy (non-hydrogen) atoms. The maximum atomic E-state index is 10.3. The molecule has 1 aromatic rings. The minimum absolute atomic E-state index is 0.00454. The van der Waals surface area contributed by atoms with Crippen LogP contribution in [0, 0.1) is 10.1 Å². The summed E-state index contributed by atoms with van der Waals surface area (Å²) < 4.78 is 5.14. The monoisotopic (exact) mass is 229 g/mol. The van der Waals surface area contributed by atoms with Crippen molar-refractivity contribution < 1.29 is 14.7 Å². The van der Waals surface area contributed by atoms with Gasteiger partial charge in [-0.3, -0.25) is 0 Å². The van der Waals surface area contributed by atoms with Crippen LogP contribution in [0.15, 0.2) is 0 Å². The molecule has 1 aromatic heterocycles. The molecule has 9 nitrogen and oxygen atoms in total. The van der Waals surface area contributed by atoms with E-state index >= 15 is 0 Å². The van der Waals surface area contributed by atoms with Gasteiger partial charge in [0.1, 0.15) is 6.10 Å². The van der Waals surface area contributed by atoms with Gasteiger partial charge < -0.3 is 9.57 Å². The Bertz CT molecular complexity index is 356. The van der Waals surface area contributed by atoms with Crippen molar-refractivity contribution in [3.63, 3.8) is 0 Å². The summed E-state index contributed by atoms with van der Waals surface area (Å²) in [5.74, 6) is 0.612. The highest BCUT2D eigenvalue weighted by Crippen LogP contribution is 2.35. The van der Waals surface area contributed by atoms with Crippen molar-refractivity contribution in [1.29, 1.82) is 0 Å². The molecule has 0 saturated heterocycles. The van der Waals surface area contributed by atoms with Gasteiger partial charge in [0.2, 0.25) is 0 Å². The summed E-state index contributed by atoms with van der Waals surface area (Å²) in [4.78, 5) is 14.8. The van der Waals surface area contributed by atoms with Crippen molar-refractivity contribution in [2.45, 2.75) is 31.0 Å². The summed E-state index contributed by atoms with van der Waals surface area (Å²) in [6.07, 6.45) is 0.206. The van der Waals surface area contributed by atoms with Crippen LogP contribution in [-0.4, -0.2) is 45.0 Å². The molecular weight excluding hydrogens is 218 g/mol. The van der Waals surface area contributed by atoms with Crippen molar-refractivity contribution in [3.8, 4) is 0 Å². The highest BCUT2D eigenvalue weighted by Gasteiger charge is 2.39. The van der Waals surface area contributed by atoms with Gasteiger partial charge in [-0.15, -0.1) is 15.2 Å². The number of rotatable bonds is 4. The third kappa shape index (κ3) is 2.08. The standard InChI is InChI=1S/C7H11N5O4/c1-15-5-2-4(7-8-10-11-9-7)3-6(5)16-12(13)14/h4-6H,2-3H2,1H3,(H,8,9,10,11). The lowest BCUT2D eigenvalue weighted by atomic mass is 10.1. The molecule has 3 unspecified atom stereocenters. The Morgan fingerprint density at radius 3 is 2.81 bits per heavy atom.